The molecule has 142 valence electrons. The van der Waals surface area contributed by atoms with Crippen LogP contribution in [0.5, 0.6) is 0 Å². The zero-order valence-electron chi connectivity index (χ0n) is 16.3. The van der Waals surface area contributed by atoms with E-state index in [1.165, 1.54) is 19.4 Å². The summed E-state index contributed by atoms with van der Waals surface area (Å²) in [7, 11) is 2.20. The van der Waals surface area contributed by atoms with Crippen molar-refractivity contribution in [3.05, 3.63) is 71.8 Å². The van der Waals surface area contributed by atoms with Gasteiger partial charge < -0.3 is 9.64 Å². The number of benzene rings is 2. The SMILES string of the molecule is CN1CC[C@@H]2C[C@H](OC(=O)C(C)(c3ccccc3)c3ccccc3)C[C@H]1C2. The minimum Gasteiger partial charge on any atom is -0.461 e. The van der Waals surface area contributed by atoms with Crippen molar-refractivity contribution in [1.82, 2.24) is 4.90 Å². The van der Waals surface area contributed by atoms with Crippen molar-refractivity contribution in [2.75, 3.05) is 13.6 Å². The summed E-state index contributed by atoms with van der Waals surface area (Å²) in [6.07, 6.45) is 4.46. The number of piperidine rings is 1. The van der Waals surface area contributed by atoms with Crippen LogP contribution in [0.2, 0.25) is 0 Å². The van der Waals surface area contributed by atoms with Gasteiger partial charge in [0.05, 0.1) is 0 Å². The van der Waals surface area contributed by atoms with Crippen LogP contribution in [-0.2, 0) is 14.9 Å². The van der Waals surface area contributed by atoms with Crippen molar-refractivity contribution in [2.24, 2.45) is 5.92 Å². The van der Waals surface area contributed by atoms with Gasteiger partial charge in [-0.3, -0.25) is 4.79 Å². The highest BCUT2D eigenvalue weighted by atomic mass is 16.5. The molecule has 2 aromatic rings. The summed E-state index contributed by atoms with van der Waals surface area (Å²) in [6.45, 7) is 3.16. The zero-order valence-corrected chi connectivity index (χ0v) is 16.3. The van der Waals surface area contributed by atoms with Crippen molar-refractivity contribution in [3.63, 3.8) is 0 Å². The summed E-state index contributed by atoms with van der Waals surface area (Å²) in [5, 5.41) is 0. The molecule has 0 N–H and O–H groups in total. The van der Waals surface area contributed by atoms with Crippen LogP contribution in [0.4, 0.5) is 0 Å². The molecule has 27 heavy (non-hydrogen) atoms. The second kappa shape index (κ2) is 7.47. The van der Waals surface area contributed by atoms with Gasteiger partial charge in [-0.05, 0) is 63.2 Å². The van der Waals surface area contributed by atoms with E-state index in [-0.39, 0.29) is 12.1 Å². The molecule has 2 aliphatic rings. The number of likely N-dealkylation sites (tertiary alicyclic amines) is 1. The van der Waals surface area contributed by atoms with Gasteiger partial charge in [-0.25, -0.2) is 0 Å². The fraction of sp³-hybridized carbons (Fsp3) is 0.458. The molecule has 0 amide bonds. The molecule has 2 bridgehead atoms. The molecule has 1 aliphatic carbocycles. The molecule has 0 aromatic heterocycles. The first-order valence-electron chi connectivity index (χ1n) is 10.1. The van der Waals surface area contributed by atoms with E-state index in [9.17, 15) is 4.79 Å². The Morgan fingerprint density at radius 1 is 0.963 bits per heavy atom. The molecule has 0 radical (unpaired) electrons. The smallest absolute Gasteiger partial charge is 0.321 e. The third kappa shape index (κ3) is 3.53. The highest BCUT2D eigenvalue weighted by Gasteiger charge is 2.42. The van der Waals surface area contributed by atoms with Crippen molar-refractivity contribution in [2.45, 2.75) is 50.2 Å². The van der Waals surface area contributed by atoms with Gasteiger partial charge in [-0.15, -0.1) is 0 Å². The quantitative estimate of drug-likeness (QED) is 0.754. The Balaban J connectivity index is 1.60. The van der Waals surface area contributed by atoms with Gasteiger partial charge >= 0.3 is 5.97 Å². The van der Waals surface area contributed by atoms with Crippen molar-refractivity contribution < 1.29 is 9.53 Å². The summed E-state index contributed by atoms with van der Waals surface area (Å²) in [6, 6.07) is 20.6. The van der Waals surface area contributed by atoms with Gasteiger partial charge in [0, 0.05) is 6.04 Å². The largest absolute Gasteiger partial charge is 0.461 e. The predicted molar refractivity (Wildman–Crippen MR) is 108 cm³/mol. The Bertz CT molecular complexity index is 734. The number of hydrogen-bond donors (Lipinski definition) is 0. The van der Waals surface area contributed by atoms with Gasteiger partial charge in [-0.1, -0.05) is 60.7 Å². The number of ether oxygens (including phenoxy) is 1. The van der Waals surface area contributed by atoms with Crippen LogP contribution < -0.4 is 0 Å². The molecule has 3 nitrogen and oxygen atoms in total. The number of carbonyl (C=O) groups excluding carboxylic acids is 1. The molecule has 1 aliphatic heterocycles. The molecule has 0 unspecified atom stereocenters. The lowest BCUT2D eigenvalue weighted by Crippen LogP contribution is -2.48. The van der Waals surface area contributed by atoms with Gasteiger partial charge in [0.25, 0.3) is 0 Å². The average molecular weight is 364 g/mol. The Labute approximate surface area is 162 Å². The summed E-state index contributed by atoms with van der Waals surface area (Å²) in [5.41, 5.74) is 1.17. The molecule has 2 fully saturated rings. The van der Waals surface area contributed by atoms with Gasteiger partial charge in [0.15, 0.2) is 0 Å². The average Bonchev–Trinajstić information content (AvgIpc) is 2.71. The Morgan fingerprint density at radius 3 is 2.15 bits per heavy atom. The minimum atomic E-state index is -0.791. The summed E-state index contributed by atoms with van der Waals surface area (Å²) in [5.74, 6) is 0.560. The molecule has 1 saturated heterocycles. The molecule has 1 saturated carbocycles. The Morgan fingerprint density at radius 2 is 1.56 bits per heavy atom. The first-order chi connectivity index (χ1) is 13.1. The maximum absolute atomic E-state index is 13.5. The molecule has 2 aromatic carbocycles. The number of carbonyl (C=O) groups is 1. The number of hydrogen-bond acceptors (Lipinski definition) is 3. The van der Waals surface area contributed by atoms with Crippen LogP contribution >= 0.6 is 0 Å². The Kier molecular flexibility index (Phi) is 5.05. The summed E-state index contributed by atoms with van der Waals surface area (Å²) >= 11 is 0. The van der Waals surface area contributed by atoms with Gasteiger partial charge in [-0.2, -0.15) is 0 Å². The van der Waals surface area contributed by atoms with Crippen LogP contribution in [0.3, 0.4) is 0 Å². The maximum atomic E-state index is 13.5. The molecular weight excluding hydrogens is 334 g/mol. The summed E-state index contributed by atoms with van der Waals surface area (Å²) in [4.78, 5) is 15.9. The number of fused-ring (bicyclic) bond motifs is 2. The minimum absolute atomic E-state index is 0.0238. The van der Waals surface area contributed by atoms with E-state index in [1.54, 1.807) is 0 Å². The Hall–Kier alpha value is -2.13. The molecule has 3 atom stereocenters. The van der Waals surface area contributed by atoms with E-state index >= 15 is 0 Å². The topological polar surface area (TPSA) is 29.5 Å². The van der Waals surface area contributed by atoms with Crippen molar-refractivity contribution in [1.29, 1.82) is 0 Å². The first-order valence-corrected chi connectivity index (χ1v) is 10.1. The highest BCUT2D eigenvalue weighted by molar-refractivity contribution is 5.87. The van der Waals surface area contributed by atoms with E-state index in [4.69, 9.17) is 4.74 Å². The van der Waals surface area contributed by atoms with Crippen LogP contribution in [0, 0.1) is 5.92 Å². The second-order valence-electron chi connectivity index (χ2n) is 8.38. The van der Waals surface area contributed by atoms with E-state index < -0.39 is 5.41 Å². The normalized spacial score (nSPS) is 25.8. The lowest BCUT2D eigenvalue weighted by atomic mass is 9.75. The fourth-order valence-corrected chi connectivity index (χ4v) is 4.82. The molecule has 3 heteroatoms. The third-order valence-electron chi connectivity index (χ3n) is 6.63. The molecule has 1 heterocycles. The van der Waals surface area contributed by atoms with E-state index in [0.717, 1.165) is 24.0 Å². The zero-order chi connectivity index (χ0) is 18.9. The monoisotopic (exact) mass is 363 g/mol. The van der Waals surface area contributed by atoms with Gasteiger partial charge in [0.1, 0.15) is 11.5 Å². The lowest BCUT2D eigenvalue weighted by molar-refractivity contribution is -0.158. The fourth-order valence-electron chi connectivity index (χ4n) is 4.82. The lowest BCUT2D eigenvalue weighted by Gasteiger charge is -2.44. The van der Waals surface area contributed by atoms with E-state index in [1.807, 2.05) is 67.6 Å². The van der Waals surface area contributed by atoms with Crippen LogP contribution in [0.15, 0.2) is 60.7 Å². The predicted octanol–water partition coefficient (Wildman–Crippen LogP) is 4.41. The van der Waals surface area contributed by atoms with E-state index in [0.29, 0.717) is 12.0 Å². The molecule has 4 rings (SSSR count). The highest BCUT2D eigenvalue weighted by Crippen LogP contribution is 2.38. The van der Waals surface area contributed by atoms with Crippen molar-refractivity contribution >= 4 is 5.97 Å². The molecular formula is C24H29NO2. The van der Waals surface area contributed by atoms with Crippen LogP contribution in [0.25, 0.3) is 0 Å². The van der Waals surface area contributed by atoms with Gasteiger partial charge in [0.2, 0.25) is 0 Å². The van der Waals surface area contributed by atoms with Crippen LogP contribution in [-0.4, -0.2) is 36.6 Å². The second-order valence-corrected chi connectivity index (χ2v) is 8.38. The number of rotatable bonds is 4. The summed E-state index contributed by atoms with van der Waals surface area (Å²) < 4.78 is 6.18. The first kappa shape index (κ1) is 18.2. The van der Waals surface area contributed by atoms with Crippen molar-refractivity contribution in [3.8, 4) is 0 Å². The number of esters is 1. The standard InChI is InChI=1S/C24H29NO2/c1-24(19-9-5-3-6-10-19,20-11-7-4-8-12-20)23(26)27-22-16-18-13-14-25(2)21(15-18)17-22/h3-12,18,21-22H,13-17H2,1-2H3/t18-,21+,22-/m0/s1. The molecule has 0 spiro atoms. The maximum Gasteiger partial charge on any atom is 0.321 e. The van der Waals surface area contributed by atoms with Crippen LogP contribution in [0.1, 0.15) is 43.7 Å². The third-order valence-corrected chi connectivity index (χ3v) is 6.63. The van der Waals surface area contributed by atoms with E-state index in [2.05, 4.69) is 11.9 Å². The number of nitrogens with zero attached hydrogens (tertiary/aromatic N) is 1.